The van der Waals surface area contributed by atoms with Gasteiger partial charge in [0.25, 0.3) is 0 Å². The second-order valence-corrected chi connectivity index (χ2v) is 5.35. The molecule has 0 aromatic carbocycles. The maximum Gasteiger partial charge on any atom is 0.335 e. The summed E-state index contributed by atoms with van der Waals surface area (Å²) < 4.78 is 0. The second-order valence-electron chi connectivity index (χ2n) is 5.35. The number of anilines is 1. The second kappa shape index (κ2) is 6.04. The molecule has 0 radical (unpaired) electrons. The van der Waals surface area contributed by atoms with Crippen LogP contribution in [0.15, 0.2) is 12.1 Å². The Labute approximate surface area is 114 Å². The van der Waals surface area contributed by atoms with Gasteiger partial charge in [-0.15, -0.1) is 0 Å². The first-order chi connectivity index (χ1) is 9.10. The van der Waals surface area contributed by atoms with Gasteiger partial charge in [-0.1, -0.05) is 13.3 Å². The summed E-state index contributed by atoms with van der Waals surface area (Å²) in [5.74, 6) is 0.732. The van der Waals surface area contributed by atoms with Crippen LogP contribution in [0.3, 0.4) is 0 Å². The van der Waals surface area contributed by atoms with Crippen LogP contribution in [-0.2, 0) is 0 Å². The third kappa shape index (κ3) is 3.46. The molecule has 0 saturated carbocycles. The molecule has 2 heterocycles. The summed E-state index contributed by atoms with van der Waals surface area (Å²) in [6.07, 6.45) is 4.84. The highest BCUT2D eigenvalue weighted by molar-refractivity contribution is 5.88. The van der Waals surface area contributed by atoms with E-state index >= 15 is 0 Å². The van der Waals surface area contributed by atoms with Crippen molar-refractivity contribution < 1.29 is 9.90 Å². The van der Waals surface area contributed by atoms with Crippen molar-refractivity contribution in [3.8, 4) is 0 Å². The molecular weight excluding hydrogens is 240 g/mol. The number of aryl methyl sites for hydroxylation is 1. The SMILES string of the molecule is CCC1CCCN(c2cc(C(=O)O)cc(C)n2)CC1. The average Bonchev–Trinajstić information content (AvgIpc) is 2.63. The molecule has 4 nitrogen and oxygen atoms in total. The summed E-state index contributed by atoms with van der Waals surface area (Å²) in [4.78, 5) is 17.8. The maximum absolute atomic E-state index is 11.1. The molecule has 0 amide bonds. The van der Waals surface area contributed by atoms with Crippen molar-refractivity contribution in [3.05, 3.63) is 23.4 Å². The van der Waals surface area contributed by atoms with Crippen LogP contribution in [0.5, 0.6) is 0 Å². The summed E-state index contributed by atoms with van der Waals surface area (Å²) in [5.41, 5.74) is 1.10. The summed E-state index contributed by atoms with van der Waals surface area (Å²) in [7, 11) is 0. The summed E-state index contributed by atoms with van der Waals surface area (Å²) in [5, 5.41) is 9.12. The third-order valence-corrected chi connectivity index (χ3v) is 3.94. The number of carboxylic acid groups (broad SMARTS) is 1. The van der Waals surface area contributed by atoms with E-state index in [1.165, 1.54) is 19.3 Å². The van der Waals surface area contributed by atoms with Gasteiger partial charge in [0.1, 0.15) is 5.82 Å². The van der Waals surface area contributed by atoms with Crippen molar-refractivity contribution in [2.75, 3.05) is 18.0 Å². The van der Waals surface area contributed by atoms with Gasteiger partial charge in [0, 0.05) is 18.8 Å². The highest BCUT2D eigenvalue weighted by atomic mass is 16.4. The van der Waals surface area contributed by atoms with Crippen molar-refractivity contribution >= 4 is 11.8 Å². The number of carbonyl (C=O) groups is 1. The minimum atomic E-state index is -0.881. The molecule has 1 unspecified atom stereocenters. The van der Waals surface area contributed by atoms with Gasteiger partial charge in [0.15, 0.2) is 0 Å². The van der Waals surface area contributed by atoms with Crippen LogP contribution in [0.2, 0.25) is 0 Å². The molecule has 0 bridgehead atoms. The first-order valence-corrected chi connectivity index (χ1v) is 7.07. The number of nitrogens with zero attached hydrogens (tertiary/aromatic N) is 2. The maximum atomic E-state index is 11.1. The molecule has 4 heteroatoms. The largest absolute Gasteiger partial charge is 0.478 e. The number of hydrogen-bond acceptors (Lipinski definition) is 3. The zero-order valence-corrected chi connectivity index (χ0v) is 11.7. The molecule has 1 saturated heterocycles. The van der Waals surface area contributed by atoms with Crippen molar-refractivity contribution in [3.63, 3.8) is 0 Å². The third-order valence-electron chi connectivity index (χ3n) is 3.94. The van der Waals surface area contributed by atoms with E-state index in [2.05, 4.69) is 16.8 Å². The lowest BCUT2D eigenvalue weighted by atomic mass is 9.98. The lowest BCUT2D eigenvalue weighted by Crippen LogP contribution is -2.25. The van der Waals surface area contributed by atoms with E-state index in [4.69, 9.17) is 5.11 Å². The Hall–Kier alpha value is -1.58. The van der Waals surface area contributed by atoms with Crippen LogP contribution in [0.1, 0.15) is 48.7 Å². The fourth-order valence-corrected chi connectivity index (χ4v) is 2.74. The first-order valence-electron chi connectivity index (χ1n) is 7.07. The van der Waals surface area contributed by atoms with Gasteiger partial charge in [-0.3, -0.25) is 0 Å². The Kier molecular flexibility index (Phi) is 4.40. The quantitative estimate of drug-likeness (QED) is 0.909. The Balaban J connectivity index is 2.19. The van der Waals surface area contributed by atoms with Crippen LogP contribution in [0.4, 0.5) is 5.82 Å². The minimum Gasteiger partial charge on any atom is -0.478 e. The van der Waals surface area contributed by atoms with Crippen LogP contribution in [0, 0.1) is 12.8 Å². The van der Waals surface area contributed by atoms with Crippen molar-refractivity contribution in [1.29, 1.82) is 0 Å². The van der Waals surface area contributed by atoms with Gasteiger partial charge >= 0.3 is 5.97 Å². The molecule has 104 valence electrons. The number of pyridine rings is 1. The van der Waals surface area contributed by atoms with E-state index < -0.39 is 5.97 Å². The Morgan fingerprint density at radius 2 is 2.21 bits per heavy atom. The molecule has 1 aliphatic rings. The van der Waals surface area contributed by atoms with E-state index in [1.54, 1.807) is 12.1 Å². The molecule has 1 fully saturated rings. The molecular formula is C15H22N2O2. The number of aromatic nitrogens is 1. The fraction of sp³-hybridized carbons (Fsp3) is 0.600. The first kappa shape index (κ1) is 13.8. The van der Waals surface area contributed by atoms with Crippen molar-refractivity contribution in [1.82, 2.24) is 4.98 Å². The van der Waals surface area contributed by atoms with Crippen LogP contribution < -0.4 is 4.90 Å². The predicted octanol–water partition coefficient (Wildman–Crippen LogP) is 3.10. The molecule has 0 spiro atoms. The molecule has 1 atom stereocenters. The van der Waals surface area contributed by atoms with Crippen LogP contribution >= 0.6 is 0 Å². The highest BCUT2D eigenvalue weighted by Gasteiger charge is 2.18. The summed E-state index contributed by atoms with van der Waals surface area (Å²) in [6, 6.07) is 3.32. The van der Waals surface area contributed by atoms with Crippen molar-refractivity contribution in [2.24, 2.45) is 5.92 Å². The Bertz CT molecular complexity index is 459. The van der Waals surface area contributed by atoms with E-state index in [0.717, 1.165) is 36.9 Å². The zero-order valence-electron chi connectivity index (χ0n) is 11.7. The normalized spacial score (nSPS) is 20.1. The standard InChI is InChI=1S/C15H22N2O2/c1-3-12-5-4-7-17(8-6-12)14-10-13(15(18)19)9-11(2)16-14/h9-10,12H,3-8H2,1-2H3,(H,18,19). The fourth-order valence-electron chi connectivity index (χ4n) is 2.74. The topological polar surface area (TPSA) is 53.4 Å². The molecule has 1 N–H and O–H groups in total. The molecule has 1 aliphatic heterocycles. The minimum absolute atomic E-state index is 0.332. The number of carboxylic acids is 1. The van der Waals surface area contributed by atoms with Gasteiger partial charge in [-0.05, 0) is 44.2 Å². The van der Waals surface area contributed by atoms with Gasteiger partial charge in [0.2, 0.25) is 0 Å². The monoisotopic (exact) mass is 262 g/mol. The average molecular weight is 262 g/mol. The molecule has 0 aliphatic carbocycles. The molecule has 2 rings (SSSR count). The Morgan fingerprint density at radius 1 is 1.42 bits per heavy atom. The molecule has 1 aromatic rings. The summed E-state index contributed by atoms with van der Waals surface area (Å²) >= 11 is 0. The van der Waals surface area contributed by atoms with E-state index in [0.29, 0.717) is 5.56 Å². The van der Waals surface area contributed by atoms with Crippen LogP contribution in [0.25, 0.3) is 0 Å². The lowest BCUT2D eigenvalue weighted by molar-refractivity contribution is 0.0696. The van der Waals surface area contributed by atoms with Crippen LogP contribution in [-0.4, -0.2) is 29.1 Å². The zero-order chi connectivity index (χ0) is 13.8. The van der Waals surface area contributed by atoms with E-state index in [-0.39, 0.29) is 0 Å². The van der Waals surface area contributed by atoms with E-state index in [9.17, 15) is 4.79 Å². The van der Waals surface area contributed by atoms with Gasteiger partial charge in [0.05, 0.1) is 5.56 Å². The smallest absolute Gasteiger partial charge is 0.335 e. The number of hydrogen-bond donors (Lipinski definition) is 1. The van der Waals surface area contributed by atoms with Crippen molar-refractivity contribution in [2.45, 2.75) is 39.5 Å². The predicted molar refractivity (Wildman–Crippen MR) is 75.8 cm³/mol. The lowest BCUT2D eigenvalue weighted by Gasteiger charge is -2.22. The van der Waals surface area contributed by atoms with Gasteiger partial charge in [-0.25, -0.2) is 9.78 Å². The van der Waals surface area contributed by atoms with E-state index in [1.807, 2.05) is 6.92 Å². The summed E-state index contributed by atoms with van der Waals surface area (Å²) in [6.45, 7) is 6.05. The highest BCUT2D eigenvalue weighted by Crippen LogP contribution is 2.24. The number of aromatic carboxylic acids is 1. The molecule has 19 heavy (non-hydrogen) atoms. The Morgan fingerprint density at radius 3 is 2.89 bits per heavy atom. The molecule has 1 aromatic heterocycles. The number of rotatable bonds is 3. The van der Waals surface area contributed by atoms with Gasteiger partial charge < -0.3 is 10.0 Å². The van der Waals surface area contributed by atoms with Gasteiger partial charge in [-0.2, -0.15) is 0 Å².